The first-order chi connectivity index (χ1) is 8.95. The average molecular weight is 262 g/mol. The molecule has 0 aromatic heterocycles. The van der Waals surface area contributed by atoms with Crippen molar-refractivity contribution in [3.63, 3.8) is 0 Å². The number of benzene rings is 3. The summed E-state index contributed by atoms with van der Waals surface area (Å²) in [4.78, 5) is 0. The highest BCUT2D eigenvalue weighted by molar-refractivity contribution is 6.92. The highest BCUT2D eigenvalue weighted by Crippen LogP contribution is 2.51. The molecule has 19 heavy (non-hydrogen) atoms. The van der Waals surface area contributed by atoms with E-state index in [9.17, 15) is 0 Å². The first-order valence-electron chi connectivity index (χ1n) is 6.23. The van der Waals surface area contributed by atoms with E-state index in [1.54, 1.807) is 0 Å². The molecule has 0 amide bonds. The summed E-state index contributed by atoms with van der Waals surface area (Å²) < 4.78 is 0. The zero-order valence-corrected chi connectivity index (χ0v) is 12.0. The summed E-state index contributed by atoms with van der Waals surface area (Å²) in [5.41, 5.74) is 8.18. The normalized spacial score (nSPS) is 10.7. The Morgan fingerprint density at radius 3 is 1.79 bits per heavy atom. The summed E-state index contributed by atoms with van der Waals surface area (Å²) >= 11 is 0. The predicted octanol–water partition coefficient (Wildman–Crippen LogP) is 5.06. The summed E-state index contributed by atoms with van der Waals surface area (Å²) in [6, 6.07) is 25.8. The quantitative estimate of drug-likeness (QED) is 0.421. The molecule has 0 bridgehead atoms. The van der Waals surface area contributed by atoms with Gasteiger partial charge in [-0.3, -0.25) is 0 Å². The zero-order chi connectivity index (χ0) is 11.9. The molecule has 0 saturated carbocycles. The van der Waals surface area contributed by atoms with E-state index in [-0.39, 0.29) is 9.90 Å². The van der Waals surface area contributed by atoms with Gasteiger partial charge in [-0.05, 0) is 33.4 Å². The highest BCUT2D eigenvalue weighted by Gasteiger charge is 2.24. The molecule has 1 aliphatic carbocycles. The van der Waals surface area contributed by atoms with E-state index in [1.807, 2.05) is 0 Å². The van der Waals surface area contributed by atoms with Crippen LogP contribution >= 0.6 is 9.90 Å². The van der Waals surface area contributed by atoms with E-state index in [2.05, 4.69) is 72.8 Å². The van der Waals surface area contributed by atoms with Gasteiger partial charge in [0, 0.05) is 0 Å². The van der Waals surface area contributed by atoms with Crippen molar-refractivity contribution >= 4 is 9.90 Å². The maximum absolute atomic E-state index is 2.21. The monoisotopic (exact) mass is 262 g/mol. The van der Waals surface area contributed by atoms with Crippen LogP contribution in [0.5, 0.6) is 0 Å². The molecular weight excluding hydrogens is 247 g/mol. The first kappa shape index (κ1) is 12.1. The van der Waals surface area contributed by atoms with Crippen LogP contribution in [0.25, 0.3) is 33.4 Å². The van der Waals surface area contributed by atoms with Gasteiger partial charge in [-0.2, -0.15) is 9.90 Å². The van der Waals surface area contributed by atoms with Crippen LogP contribution in [-0.4, -0.2) is 0 Å². The number of fused-ring (bicyclic) bond motifs is 4. The molecular formula is C18H15P. The molecule has 92 valence electrons. The van der Waals surface area contributed by atoms with Crippen LogP contribution < -0.4 is 0 Å². The van der Waals surface area contributed by atoms with Gasteiger partial charge < -0.3 is 0 Å². The summed E-state index contributed by atoms with van der Waals surface area (Å²) in [5, 5.41) is 0. The average Bonchev–Trinajstić information content (AvgIpc) is 2.45. The largest absolute Gasteiger partial charge is 0.153 e. The van der Waals surface area contributed by atoms with Crippen molar-refractivity contribution in [2.45, 2.75) is 0 Å². The molecule has 1 heteroatoms. The third-order valence-electron chi connectivity index (χ3n) is 3.64. The minimum atomic E-state index is 0. The third kappa shape index (κ3) is 1.72. The molecule has 4 rings (SSSR count). The standard InChI is InChI=1S/C18H12.H3P/c1-2-7-13(8-3-1)14-11-6-12-17-15-9-4-5-10-16(15)18(14)17;/h1-12H;1H3. The van der Waals surface area contributed by atoms with Crippen molar-refractivity contribution in [2.24, 2.45) is 0 Å². The summed E-state index contributed by atoms with van der Waals surface area (Å²) in [6.45, 7) is 0. The molecule has 0 N–H and O–H groups in total. The van der Waals surface area contributed by atoms with E-state index in [0.29, 0.717) is 0 Å². The van der Waals surface area contributed by atoms with Crippen molar-refractivity contribution in [1.82, 2.24) is 0 Å². The number of hydrogen-bond donors (Lipinski definition) is 0. The minimum Gasteiger partial charge on any atom is -0.153 e. The van der Waals surface area contributed by atoms with Gasteiger partial charge in [-0.15, -0.1) is 0 Å². The molecule has 0 radical (unpaired) electrons. The lowest BCUT2D eigenvalue weighted by atomic mass is 9.77. The van der Waals surface area contributed by atoms with Crippen molar-refractivity contribution in [2.75, 3.05) is 0 Å². The third-order valence-corrected chi connectivity index (χ3v) is 3.64. The Bertz CT molecular complexity index is 714. The van der Waals surface area contributed by atoms with Gasteiger partial charge in [0.1, 0.15) is 0 Å². The predicted molar refractivity (Wildman–Crippen MR) is 87.4 cm³/mol. The van der Waals surface area contributed by atoms with Crippen molar-refractivity contribution < 1.29 is 0 Å². The van der Waals surface area contributed by atoms with Crippen LogP contribution in [0.1, 0.15) is 0 Å². The molecule has 0 spiro atoms. The Hall–Kier alpha value is -1.91. The van der Waals surface area contributed by atoms with E-state index in [4.69, 9.17) is 0 Å². The highest BCUT2D eigenvalue weighted by atomic mass is 31.0. The molecule has 1 unspecified atom stereocenters. The van der Waals surface area contributed by atoms with Gasteiger partial charge in [0.15, 0.2) is 0 Å². The van der Waals surface area contributed by atoms with E-state index in [1.165, 1.54) is 33.4 Å². The van der Waals surface area contributed by atoms with Gasteiger partial charge in [-0.1, -0.05) is 72.8 Å². The van der Waals surface area contributed by atoms with E-state index in [0.717, 1.165) is 0 Å². The molecule has 0 fully saturated rings. The lowest BCUT2D eigenvalue weighted by Gasteiger charge is -2.26. The molecule has 0 saturated heterocycles. The molecule has 1 atom stereocenters. The fraction of sp³-hybridized carbons (Fsp3) is 0. The Morgan fingerprint density at radius 1 is 0.421 bits per heavy atom. The Labute approximate surface area is 116 Å². The maximum Gasteiger partial charge on any atom is -0.00204 e. The Kier molecular flexibility index (Phi) is 2.97. The number of rotatable bonds is 1. The molecule has 3 aromatic carbocycles. The minimum absolute atomic E-state index is 0. The number of hydrogen-bond acceptors (Lipinski definition) is 0. The molecule has 1 aliphatic rings. The van der Waals surface area contributed by atoms with Gasteiger partial charge >= 0.3 is 0 Å². The summed E-state index contributed by atoms with van der Waals surface area (Å²) in [7, 11) is 0. The topological polar surface area (TPSA) is 0 Å². The van der Waals surface area contributed by atoms with Gasteiger partial charge in [0.05, 0.1) is 0 Å². The van der Waals surface area contributed by atoms with Crippen LogP contribution in [0.2, 0.25) is 0 Å². The molecule has 0 heterocycles. The maximum atomic E-state index is 2.21. The van der Waals surface area contributed by atoms with E-state index >= 15 is 0 Å². The van der Waals surface area contributed by atoms with Crippen LogP contribution in [0.15, 0.2) is 72.8 Å². The lowest BCUT2D eigenvalue weighted by Crippen LogP contribution is -2.00. The second-order valence-electron chi connectivity index (χ2n) is 4.64. The summed E-state index contributed by atoms with van der Waals surface area (Å²) in [5.74, 6) is 0. The summed E-state index contributed by atoms with van der Waals surface area (Å²) in [6.07, 6.45) is 0. The fourth-order valence-corrected chi connectivity index (χ4v) is 2.80. The van der Waals surface area contributed by atoms with Crippen LogP contribution in [0, 0.1) is 0 Å². The molecule has 0 nitrogen and oxygen atoms in total. The molecule has 3 aromatic rings. The van der Waals surface area contributed by atoms with Crippen molar-refractivity contribution in [3.05, 3.63) is 72.8 Å². The second kappa shape index (κ2) is 4.64. The second-order valence-corrected chi connectivity index (χ2v) is 4.64. The first-order valence-corrected chi connectivity index (χ1v) is 6.23. The molecule has 0 aliphatic heterocycles. The van der Waals surface area contributed by atoms with Crippen molar-refractivity contribution in [1.29, 1.82) is 0 Å². The van der Waals surface area contributed by atoms with Gasteiger partial charge in [-0.25, -0.2) is 0 Å². The fourth-order valence-electron chi connectivity index (χ4n) is 2.80. The smallest absolute Gasteiger partial charge is 0.00204 e. The van der Waals surface area contributed by atoms with Crippen LogP contribution in [0.4, 0.5) is 0 Å². The van der Waals surface area contributed by atoms with Crippen LogP contribution in [-0.2, 0) is 0 Å². The Balaban J connectivity index is 0.00000110. The SMILES string of the molecule is P.c1ccc(-c2cccc3c2-c2ccccc2-3)cc1. The van der Waals surface area contributed by atoms with Crippen molar-refractivity contribution in [3.8, 4) is 33.4 Å². The zero-order valence-electron chi connectivity index (χ0n) is 10.6. The van der Waals surface area contributed by atoms with E-state index < -0.39 is 0 Å². The van der Waals surface area contributed by atoms with Crippen LogP contribution in [0.3, 0.4) is 0 Å². The lowest BCUT2D eigenvalue weighted by molar-refractivity contribution is 1.51. The van der Waals surface area contributed by atoms with Gasteiger partial charge in [0.2, 0.25) is 0 Å². The Morgan fingerprint density at radius 2 is 1.00 bits per heavy atom. The van der Waals surface area contributed by atoms with Gasteiger partial charge in [0.25, 0.3) is 0 Å².